The standard InChI is InChI=1S/C40H44N2/c1-29-12-20-33(21-13-29)41(35-24-16-31(17-25-35)39(3,4)5)37-10-9-11-38(28-37)42(34-22-14-30(2)15-23-34)36-26-18-32(19-27-36)40(6,7)8/h9-28H,1-8H3. The molecule has 0 amide bonds. The van der Waals surface area contributed by atoms with Crippen LogP contribution in [0.3, 0.4) is 0 Å². The molecule has 0 aliphatic carbocycles. The van der Waals surface area contributed by atoms with Crippen molar-refractivity contribution in [3.8, 4) is 0 Å². The van der Waals surface area contributed by atoms with Crippen molar-refractivity contribution in [2.45, 2.75) is 66.2 Å². The predicted molar refractivity (Wildman–Crippen MR) is 183 cm³/mol. The molecule has 2 heteroatoms. The van der Waals surface area contributed by atoms with E-state index in [-0.39, 0.29) is 10.8 Å². The second-order valence-corrected chi connectivity index (χ2v) is 13.5. The Balaban J connectivity index is 1.64. The molecule has 5 aromatic rings. The van der Waals surface area contributed by atoms with E-state index in [2.05, 4.69) is 187 Å². The van der Waals surface area contributed by atoms with Gasteiger partial charge < -0.3 is 9.80 Å². The molecule has 0 atom stereocenters. The maximum atomic E-state index is 2.35. The second kappa shape index (κ2) is 11.5. The number of hydrogen-bond acceptors (Lipinski definition) is 2. The molecular formula is C40H44N2. The first-order chi connectivity index (χ1) is 19.9. The molecule has 5 aromatic carbocycles. The number of rotatable bonds is 6. The third kappa shape index (κ3) is 6.44. The Kier molecular flexibility index (Phi) is 8.01. The molecule has 0 saturated heterocycles. The highest BCUT2D eigenvalue weighted by Gasteiger charge is 2.20. The molecule has 0 saturated carbocycles. The average Bonchev–Trinajstić information content (AvgIpc) is 2.95. The molecule has 2 nitrogen and oxygen atoms in total. The van der Waals surface area contributed by atoms with Crippen molar-refractivity contribution in [3.05, 3.63) is 144 Å². The van der Waals surface area contributed by atoms with Crippen LogP contribution in [0, 0.1) is 13.8 Å². The highest BCUT2D eigenvalue weighted by molar-refractivity contribution is 5.83. The fourth-order valence-electron chi connectivity index (χ4n) is 5.27. The molecule has 0 spiro atoms. The predicted octanol–water partition coefficient (Wildman–Crippen LogP) is 11.8. The third-order valence-electron chi connectivity index (χ3n) is 7.91. The lowest BCUT2D eigenvalue weighted by Gasteiger charge is -2.30. The van der Waals surface area contributed by atoms with Gasteiger partial charge in [0.25, 0.3) is 0 Å². The normalized spacial score (nSPS) is 11.8. The van der Waals surface area contributed by atoms with Crippen LogP contribution in [-0.2, 0) is 10.8 Å². The van der Waals surface area contributed by atoms with Crippen molar-refractivity contribution >= 4 is 34.1 Å². The van der Waals surface area contributed by atoms with E-state index in [9.17, 15) is 0 Å². The highest BCUT2D eigenvalue weighted by Crippen LogP contribution is 2.41. The summed E-state index contributed by atoms with van der Waals surface area (Å²) in [6, 6.07) is 44.5. The molecule has 0 radical (unpaired) electrons. The van der Waals surface area contributed by atoms with Gasteiger partial charge in [-0.05, 0) is 103 Å². The van der Waals surface area contributed by atoms with Crippen molar-refractivity contribution in [1.29, 1.82) is 0 Å². The summed E-state index contributed by atoms with van der Waals surface area (Å²) < 4.78 is 0. The molecule has 42 heavy (non-hydrogen) atoms. The lowest BCUT2D eigenvalue weighted by molar-refractivity contribution is 0.590. The summed E-state index contributed by atoms with van der Waals surface area (Å²) in [6.45, 7) is 17.8. The van der Waals surface area contributed by atoms with Crippen LogP contribution < -0.4 is 9.80 Å². The molecule has 214 valence electrons. The molecular weight excluding hydrogens is 508 g/mol. The van der Waals surface area contributed by atoms with Gasteiger partial charge in [0.05, 0.1) is 0 Å². The minimum atomic E-state index is 0.101. The number of nitrogens with zero attached hydrogens (tertiary/aromatic N) is 2. The van der Waals surface area contributed by atoms with Crippen molar-refractivity contribution in [1.82, 2.24) is 0 Å². The number of benzene rings is 5. The summed E-state index contributed by atoms with van der Waals surface area (Å²) in [7, 11) is 0. The fourth-order valence-corrected chi connectivity index (χ4v) is 5.27. The Morgan fingerprint density at radius 3 is 0.929 bits per heavy atom. The maximum absolute atomic E-state index is 2.35. The Hall–Kier alpha value is -4.30. The van der Waals surface area contributed by atoms with E-state index in [0.717, 1.165) is 34.1 Å². The summed E-state index contributed by atoms with van der Waals surface area (Å²) in [4.78, 5) is 4.71. The SMILES string of the molecule is Cc1ccc(N(c2ccc(C(C)(C)C)cc2)c2cccc(N(c3ccc(C)cc3)c3ccc(C(C)(C)C)cc3)c2)cc1. The average molecular weight is 553 g/mol. The molecule has 0 unspecified atom stereocenters. The van der Waals surface area contributed by atoms with Crippen molar-refractivity contribution in [2.75, 3.05) is 9.80 Å². The zero-order chi connectivity index (χ0) is 30.1. The monoisotopic (exact) mass is 552 g/mol. The summed E-state index contributed by atoms with van der Waals surface area (Å²) in [5.41, 5.74) is 12.1. The minimum absolute atomic E-state index is 0.101. The Bertz CT molecular complexity index is 1490. The molecule has 0 heterocycles. The van der Waals surface area contributed by atoms with Crippen LogP contribution in [0.5, 0.6) is 0 Å². The zero-order valence-corrected chi connectivity index (χ0v) is 26.4. The van der Waals surface area contributed by atoms with Gasteiger partial charge in [-0.1, -0.05) is 107 Å². The lowest BCUT2D eigenvalue weighted by Crippen LogP contribution is -2.15. The quantitative estimate of drug-likeness (QED) is 0.207. The van der Waals surface area contributed by atoms with Gasteiger partial charge in [-0.2, -0.15) is 0 Å². The molecule has 0 N–H and O–H groups in total. The van der Waals surface area contributed by atoms with Crippen LogP contribution in [-0.4, -0.2) is 0 Å². The lowest BCUT2D eigenvalue weighted by atomic mass is 9.87. The van der Waals surface area contributed by atoms with E-state index in [0.29, 0.717) is 0 Å². The summed E-state index contributed by atoms with van der Waals surface area (Å²) in [5.74, 6) is 0. The third-order valence-corrected chi connectivity index (χ3v) is 7.91. The summed E-state index contributed by atoms with van der Waals surface area (Å²) >= 11 is 0. The van der Waals surface area contributed by atoms with Crippen LogP contribution >= 0.6 is 0 Å². The van der Waals surface area contributed by atoms with Crippen LogP contribution in [0.2, 0.25) is 0 Å². The van der Waals surface area contributed by atoms with E-state index in [1.54, 1.807) is 0 Å². The molecule has 0 aliphatic heterocycles. The Morgan fingerprint density at radius 2 is 0.643 bits per heavy atom. The number of anilines is 6. The van der Waals surface area contributed by atoms with Gasteiger partial charge in [0.15, 0.2) is 0 Å². The van der Waals surface area contributed by atoms with Gasteiger partial charge in [0, 0.05) is 34.1 Å². The largest absolute Gasteiger partial charge is 0.310 e. The first kappa shape index (κ1) is 29.2. The first-order valence-electron chi connectivity index (χ1n) is 14.9. The molecule has 0 aliphatic rings. The van der Waals surface area contributed by atoms with Crippen LogP contribution in [0.1, 0.15) is 63.8 Å². The highest BCUT2D eigenvalue weighted by atomic mass is 15.2. The van der Waals surface area contributed by atoms with E-state index in [1.807, 2.05) is 0 Å². The molecule has 0 fully saturated rings. The maximum Gasteiger partial charge on any atom is 0.0482 e. The summed E-state index contributed by atoms with van der Waals surface area (Å²) in [6.07, 6.45) is 0. The zero-order valence-electron chi connectivity index (χ0n) is 26.4. The molecule has 0 bridgehead atoms. The van der Waals surface area contributed by atoms with E-state index < -0.39 is 0 Å². The van der Waals surface area contributed by atoms with Crippen LogP contribution in [0.15, 0.2) is 121 Å². The summed E-state index contributed by atoms with van der Waals surface area (Å²) in [5, 5.41) is 0. The Morgan fingerprint density at radius 1 is 0.357 bits per heavy atom. The topological polar surface area (TPSA) is 6.48 Å². The van der Waals surface area contributed by atoms with Gasteiger partial charge in [0.2, 0.25) is 0 Å². The van der Waals surface area contributed by atoms with Gasteiger partial charge in [-0.3, -0.25) is 0 Å². The number of hydrogen-bond donors (Lipinski definition) is 0. The van der Waals surface area contributed by atoms with Gasteiger partial charge in [0.1, 0.15) is 0 Å². The van der Waals surface area contributed by atoms with Crippen molar-refractivity contribution < 1.29 is 0 Å². The minimum Gasteiger partial charge on any atom is -0.310 e. The Labute approximate surface area is 253 Å². The van der Waals surface area contributed by atoms with Gasteiger partial charge in [-0.25, -0.2) is 0 Å². The first-order valence-corrected chi connectivity index (χ1v) is 14.9. The molecule has 5 rings (SSSR count). The number of aryl methyl sites for hydroxylation is 2. The van der Waals surface area contributed by atoms with Crippen molar-refractivity contribution in [2.24, 2.45) is 0 Å². The van der Waals surface area contributed by atoms with Crippen LogP contribution in [0.25, 0.3) is 0 Å². The van der Waals surface area contributed by atoms with E-state index in [1.165, 1.54) is 22.3 Å². The van der Waals surface area contributed by atoms with Gasteiger partial charge in [-0.15, -0.1) is 0 Å². The fraction of sp³-hybridized carbons (Fsp3) is 0.250. The smallest absolute Gasteiger partial charge is 0.0482 e. The van der Waals surface area contributed by atoms with E-state index >= 15 is 0 Å². The van der Waals surface area contributed by atoms with Crippen molar-refractivity contribution in [3.63, 3.8) is 0 Å². The molecule has 0 aromatic heterocycles. The van der Waals surface area contributed by atoms with Crippen LogP contribution in [0.4, 0.5) is 34.1 Å². The van der Waals surface area contributed by atoms with E-state index in [4.69, 9.17) is 0 Å². The van der Waals surface area contributed by atoms with Gasteiger partial charge >= 0.3 is 0 Å². The second-order valence-electron chi connectivity index (χ2n) is 13.5.